The Kier molecular flexibility index (Phi) is 4.22. The van der Waals surface area contributed by atoms with E-state index in [4.69, 9.17) is 10.5 Å². The maximum Gasteiger partial charge on any atom is 0.0635 e. The van der Waals surface area contributed by atoms with Crippen molar-refractivity contribution in [1.29, 1.82) is 0 Å². The summed E-state index contributed by atoms with van der Waals surface area (Å²) in [6.45, 7) is 6.06. The number of likely N-dealkylation sites (tertiary alicyclic amines) is 1. The van der Waals surface area contributed by atoms with Crippen molar-refractivity contribution in [2.75, 3.05) is 26.3 Å². The Morgan fingerprint density at radius 1 is 1.19 bits per heavy atom. The molecule has 3 heteroatoms. The fourth-order valence-electron chi connectivity index (χ4n) is 3.47. The highest BCUT2D eigenvalue weighted by Crippen LogP contribution is 2.39. The Morgan fingerprint density at radius 2 is 1.81 bits per heavy atom. The number of rotatable bonds is 5. The van der Waals surface area contributed by atoms with Gasteiger partial charge < -0.3 is 10.5 Å². The average molecular weight is 226 g/mol. The Balaban J connectivity index is 2.01. The first-order valence-electron chi connectivity index (χ1n) is 6.88. The third-order valence-electron chi connectivity index (χ3n) is 4.40. The van der Waals surface area contributed by atoms with Crippen LogP contribution in [-0.2, 0) is 4.74 Å². The molecule has 2 rings (SSSR count). The quantitative estimate of drug-likeness (QED) is 0.776. The largest absolute Gasteiger partial charge is 0.380 e. The lowest BCUT2D eigenvalue weighted by Gasteiger charge is -2.43. The molecule has 1 heterocycles. The summed E-state index contributed by atoms with van der Waals surface area (Å²) in [6.07, 6.45) is 7.95. The summed E-state index contributed by atoms with van der Waals surface area (Å²) in [4.78, 5) is 2.66. The zero-order valence-electron chi connectivity index (χ0n) is 10.6. The smallest absolute Gasteiger partial charge is 0.0635 e. The summed E-state index contributed by atoms with van der Waals surface area (Å²) in [5.74, 6) is 0. The minimum atomic E-state index is 0.202. The van der Waals surface area contributed by atoms with Gasteiger partial charge in [-0.05, 0) is 45.7 Å². The molecule has 16 heavy (non-hydrogen) atoms. The molecular weight excluding hydrogens is 200 g/mol. The van der Waals surface area contributed by atoms with Gasteiger partial charge in [0, 0.05) is 18.2 Å². The predicted octanol–water partition coefficient (Wildman–Crippen LogP) is 1.76. The van der Waals surface area contributed by atoms with Gasteiger partial charge in [0.2, 0.25) is 0 Å². The lowest BCUT2D eigenvalue weighted by atomic mass is 9.87. The van der Waals surface area contributed by atoms with Gasteiger partial charge in [0.15, 0.2) is 0 Å². The number of nitrogens with zero attached hydrogens (tertiary/aromatic N) is 1. The zero-order chi connectivity index (χ0) is 11.4. The lowest BCUT2D eigenvalue weighted by Crippen LogP contribution is -2.59. The second-order valence-electron chi connectivity index (χ2n) is 5.27. The van der Waals surface area contributed by atoms with Gasteiger partial charge in [0.1, 0.15) is 0 Å². The minimum Gasteiger partial charge on any atom is -0.380 e. The van der Waals surface area contributed by atoms with Crippen LogP contribution in [0, 0.1) is 0 Å². The van der Waals surface area contributed by atoms with Gasteiger partial charge in [-0.3, -0.25) is 4.90 Å². The molecule has 0 amide bonds. The summed E-state index contributed by atoms with van der Waals surface area (Å²) in [5.41, 5.74) is 6.68. The van der Waals surface area contributed by atoms with Crippen LogP contribution in [0.2, 0.25) is 0 Å². The summed E-state index contributed by atoms with van der Waals surface area (Å²) in [7, 11) is 0. The molecule has 1 saturated heterocycles. The van der Waals surface area contributed by atoms with Crippen molar-refractivity contribution in [2.45, 2.75) is 57.0 Å². The maximum atomic E-state index is 6.41. The van der Waals surface area contributed by atoms with E-state index in [0.29, 0.717) is 0 Å². The number of hydrogen-bond acceptors (Lipinski definition) is 3. The molecule has 1 aliphatic carbocycles. The van der Waals surface area contributed by atoms with E-state index in [2.05, 4.69) is 4.90 Å². The van der Waals surface area contributed by atoms with Crippen molar-refractivity contribution < 1.29 is 4.74 Å². The van der Waals surface area contributed by atoms with Gasteiger partial charge in [-0.25, -0.2) is 0 Å². The van der Waals surface area contributed by atoms with Crippen molar-refractivity contribution in [3.05, 3.63) is 0 Å². The molecule has 0 aromatic carbocycles. The van der Waals surface area contributed by atoms with Crippen LogP contribution in [-0.4, -0.2) is 42.8 Å². The van der Waals surface area contributed by atoms with Crippen LogP contribution in [0.15, 0.2) is 0 Å². The van der Waals surface area contributed by atoms with Gasteiger partial charge in [0.25, 0.3) is 0 Å². The molecule has 94 valence electrons. The van der Waals surface area contributed by atoms with E-state index in [1.165, 1.54) is 51.6 Å². The second kappa shape index (κ2) is 5.48. The standard InChI is InChI=1S/C13H26N2O/c1-2-16-11-12(14)13(7-3-4-8-13)15-9-5-6-10-15/h12H,2-11,14H2,1H3. The van der Waals surface area contributed by atoms with Gasteiger partial charge in [0.05, 0.1) is 6.61 Å². The van der Waals surface area contributed by atoms with Crippen LogP contribution in [0.5, 0.6) is 0 Å². The lowest BCUT2D eigenvalue weighted by molar-refractivity contribution is 0.0382. The third-order valence-corrected chi connectivity index (χ3v) is 4.40. The third kappa shape index (κ3) is 2.27. The maximum absolute atomic E-state index is 6.41. The van der Waals surface area contributed by atoms with Crippen LogP contribution in [0.25, 0.3) is 0 Å². The molecule has 1 saturated carbocycles. The summed E-state index contributed by atoms with van der Waals surface area (Å²) in [5, 5.41) is 0. The molecular formula is C13H26N2O. The highest BCUT2D eigenvalue weighted by atomic mass is 16.5. The number of ether oxygens (including phenoxy) is 1. The molecule has 1 aliphatic heterocycles. The van der Waals surface area contributed by atoms with Crippen LogP contribution < -0.4 is 5.73 Å². The molecule has 0 spiro atoms. The minimum absolute atomic E-state index is 0.202. The number of hydrogen-bond donors (Lipinski definition) is 1. The van der Waals surface area contributed by atoms with Gasteiger partial charge >= 0.3 is 0 Å². The molecule has 2 N–H and O–H groups in total. The SMILES string of the molecule is CCOCC(N)C1(N2CCCC2)CCCC1. The van der Waals surface area contributed by atoms with E-state index in [1.54, 1.807) is 0 Å². The van der Waals surface area contributed by atoms with E-state index in [9.17, 15) is 0 Å². The number of nitrogens with two attached hydrogens (primary N) is 1. The van der Waals surface area contributed by atoms with E-state index < -0.39 is 0 Å². The first kappa shape index (κ1) is 12.3. The topological polar surface area (TPSA) is 38.5 Å². The van der Waals surface area contributed by atoms with Crippen LogP contribution >= 0.6 is 0 Å². The first-order valence-corrected chi connectivity index (χ1v) is 6.88. The second-order valence-corrected chi connectivity index (χ2v) is 5.27. The van der Waals surface area contributed by atoms with Gasteiger partial charge in [-0.1, -0.05) is 12.8 Å². The van der Waals surface area contributed by atoms with Crippen LogP contribution in [0.4, 0.5) is 0 Å². The average Bonchev–Trinajstić information content (AvgIpc) is 2.95. The first-order chi connectivity index (χ1) is 7.79. The Morgan fingerprint density at radius 3 is 2.38 bits per heavy atom. The monoisotopic (exact) mass is 226 g/mol. The Labute approximate surface area is 99.3 Å². The molecule has 2 aliphatic rings. The molecule has 2 fully saturated rings. The Bertz CT molecular complexity index is 208. The van der Waals surface area contributed by atoms with Gasteiger partial charge in [-0.2, -0.15) is 0 Å². The van der Waals surface area contributed by atoms with Crippen LogP contribution in [0.1, 0.15) is 45.4 Å². The van der Waals surface area contributed by atoms with Crippen molar-refractivity contribution in [1.82, 2.24) is 4.90 Å². The van der Waals surface area contributed by atoms with Crippen molar-refractivity contribution in [3.63, 3.8) is 0 Å². The van der Waals surface area contributed by atoms with Crippen molar-refractivity contribution in [3.8, 4) is 0 Å². The van der Waals surface area contributed by atoms with Gasteiger partial charge in [-0.15, -0.1) is 0 Å². The molecule has 3 nitrogen and oxygen atoms in total. The fraction of sp³-hybridized carbons (Fsp3) is 1.00. The summed E-state index contributed by atoms with van der Waals surface area (Å²) in [6, 6.07) is 0.202. The van der Waals surface area contributed by atoms with Crippen LogP contribution in [0.3, 0.4) is 0 Å². The molecule has 0 aromatic rings. The molecule has 1 unspecified atom stereocenters. The fourth-order valence-corrected chi connectivity index (χ4v) is 3.47. The molecule has 0 radical (unpaired) electrons. The van der Waals surface area contributed by atoms with Crippen molar-refractivity contribution in [2.24, 2.45) is 5.73 Å². The highest BCUT2D eigenvalue weighted by Gasteiger charge is 2.45. The van der Waals surface area contributed by atoms with E-state index in [1.807, 2.05) is 6.92 Å². The van der Waals surface area contributed by atoms with E-state index in [0.717, 1.165) is 13.2 Å². The van der Waals surface area contributed by atoms with E-state index >= 15 is 0 Å². The normalized spacial score (nSPS) is 27.4. The molecule has 0 aromatic heterocycles. The summed E-state index contributed by atoms with van der Waals surface area (Å²) >= 11 is 0. The van der Waals surface area contributed by atoms with E-state index in [-0.39, 0.29) is 11.6 Å². The Hall–Kier alpha value is -0.120. The van der Waals surface area contributed by atoms with Crippen molar-refractivity contribution >= 4 is 0 Å². The highest BCUT2D eigenvalue weighted by molar-refractivity contribution is 5.03. The molecule has 1 atom stereocenters. The zero-order valence-corrected chi connectivity index (χ0v) is 10.6. The molecule has 0 bridgehead atoms. The summed E-state index contributed by atoms with van der Waals surface area (Å²) < 4.78 is 5.54. The predicted molar refractivity (Wildman–Crippen MR) is 66.5 cm³/mol.